The van der Waals surface area contributed by atoms with Crippen molar-refractivity contribution >= 4 is 27.7 Å². The van der Waals surface area contributed by atoms with Crippen molar-refractivity contribution in [3.63, 3.8) is 0 Å². The Bertz CT molecular complexity index is 211. The summed E-state index contributed by atoms with van der Waals surface area (Å²) >= 11 is 3.23. The molecule has 0 aliphatic rings. The minimum absolute atomic E-state index is 0.0234. The van der Waals surface area contributed by atoms with E-state index in [-0.39, 0.29) is 12.5 Å². The summed E-state index contributed by atoms with van der Waals surface area (Å²) in [5.74, 6) is -0.624. The van der Waals surface area contributed by atoms with Crippen LogP contribution in [0.3, 0.4) is 0 Å². The molecule has 13 heavy (non-hydrogen) atoms. The van der Waals surface area contributed by atoms with E-state index in [4.69, 9.17) is 5.73 Å². The van der Waals surface area contributed by atoms with Crippen molar-refractivity contribution < 1.29 is 9.59 Å². The summed E-state index contributed by atoms with van der Waals surface area (Å²) in [6.45, 7) is 5.73. The Balaban J connectivity index is 4.41. The number of carbonyl (C=O) groups is 2. The summed E-state index contributed by atoms with van der Waals surface area (Å²) in [6, 6.07) is 0. The highest BCUT2D eigenvalue weighted by molar-refractivity contribution is 9.10. The molecule has 0 aromatic heterocycles. The molecular weight excluding hydrogens is 236 g/mol. The zero-order valence-electron chi connectivity index (χ0n) is 8.13. The number of amides is 2. The number of rotatable bonds is 4. The standard InChI is InChI=1S/C8H15BrN2O2/c1-4-11(5-6(10)12)7(13)8(2,3)9/h4-5H2,1-3H3,(H2,10,12). The number of hydrogen-bond donors (Lipinski definition) is 1. The van der Waals surface area contributed by atoms with E-state index in [2.05, 4.69) is 15.9 Å². The topological polar surface area (TPSA) is 63.4 Å². The van der Waals surface area contributed by atoms with Crippen molar-refractivity contribution in [3.8, 4) is 0 Å². The van der Waals surface area contributed by atoms with Gasteiger partial charge in [-0.15, -0.1) is 0 Å². The Morgan fingerprint density at radius 1 is 1.46 bits per heavy atom. The molecule has 0 aromatic rings. The molecule has 76 valence electrons. The predicted octanol–water partition coefficient (Wildman–Crippen LogP) is 0.494. The number of halogens is 1. The smallest absolute Gasteiger partial charge is 0.239 e. The SMILES string of the molecule is CCN(CC(N)=O)C(=O)C(C)(C)Br. The van der Waals surface area contributed by atoms with Crippen LogP contribution in [-0.4, -0.2) is 34.1 Å². The number of nitrogens with zero attached hydrogens (tertiary/aromatic N) is 1. The van der Waals surface area contributed by atoms with E-state index >= 15 is 0 Å². The van der Waals surface area contributed by atoms with Crippen molar-refractivity contribution in [3.05, 3.63) is 0 Å². The molecule has 2 amide bonds. The quantitative estimate of drug-likeness (QED) is 0.739. The molecule has 5 heteroatoms. The maximum atomic E-state index is 11.6. The van der Waals surface area contributed by atoms with Crippen LogP contribution in [0.2, 0.25) is 0 Å². The maximum Gasteiger partial charge on any atom is 0.239 e. The number of alkyl halides is 1. The Morgan fingerprint density at radius 3 is 2.15 bits per heavy atom. The van der Waals surface area contributed by atoms with Crippen molar-refractivity contribution in [2.24, 2.45) is 5.73 Å². The maximum absolute atomic E-state index is 11.6. The fraction of sp³-hybridized carbons (Fsp3) is 0.750. The molecular formula is C8H15BrN2O2. The van der Waals surface area contributed by atoms with Crippen molar-refractivity contribution in [1.29, 1.82) is 0 Å². The van der Waals surface area contributed by atoms with Gasteiger partial charge in [-0.1, -0.05) is 15.9 Å². The first-order valence-electron chi connectivity index (χ1n) is 4.05. The van der Waals surface area contributed by atoms with Crippen LogP contribution in [0.15, 0.2) is 0 Å². The van der Waals surface area contributed by atoms with Gasteiger partial charge in [0, 0.05) is 6.54 Å². The molecule has 0 aromatic carbocycles. The lowest BCUT2D eigenvalue weighted by Crippen LogP contribution is -2.45. The Hall–Kier alpha value is -0.580. The molecule has 0 saturated carbocycles. The summed E-state index contributed by atoms with van der Waals surface area (Å²) in [7, 11) is 0. The van der Waals surface area contributed by atoms with Crippen LogP contribution in [0.1, 0.15) is 20.8 Å². The van der Waals surface area contributed by atoms with Gasteiger partial charge in [0.1, 0.15) is 0 Å². The van der Waals surface area contributed by atoms with Crippen LogP contribution in [0, 0.1) is 0 Å². The van der Waals surface area contributed by atoms with Crippen LogP contribution in [-0.2, 0) is 9.59 Å². The molecule has 0 saturated heterocycles. The second-order valence-corrected chi connectivity index (χ2v) is 5.24. The van der Waals surface area contributed by atoms with Gasteiger partial charge in [0.25, 0.3) is 0 Å². The van der Waals surface area contributed by atoms with Crippen molar-refractivity contribution in [1.82, 2.24) is 4.90 Å². The fourth-order valence-corrected chi connectivity index (χ4v) is 1.14. The highest BCUT2D eigenvalue weighted by Gasteiger charge is 2.28. The number of hydrogen-bond acceptors (Lipinski definition) is 2. The van der Waals surface area contributed by atoms with Gasteiger partial charge < -0.3 is 10.6 Å². The minimum Gasteiger partial charge on any atom is -0.368 e. The van der Waals surface area contributed by atoms with Crippen molar-refractivity contribution in [2.45, 2.75) is 25.1 Å². The van der Waals surface area contributed by atoms with Crippen LogP contribution < -0.4 is 5.73 Å². The van der Waals surface area contributed by atoms with Gasteiger partial charge >= 0.3 is 0 Å². The molecule has 0 spiro atoms. The minimum atomic E-state index is -0.640. The lowest BCUT2D eigenvalue weighted by molar-refractivity contribution is -0.136. The molecule has 0 heterocycles. The van der Waals surface area contributed by atoms with Crippen LogP contribution in [0.5, 0.6) is 0 Å². The number of likely N-dealkylation sites (N-methyl/N-ethyl adjacent to an activating group) is 1. The molecule has 0 bridgehead atoms. The molecule has 0 aliphatic heterocycles. The van der Waals surface area contributed by atoms with Crippen LogP contribution >= 0.6 is 15.9 Å². The largest absolute Gasteiger partial charge is 0.368 e. The van der Waals surface area contributed by atoms with Gasteiger partial charge in [-0.2, -0.15) is 0 Å². The average molecular weight is 251 g/mol. The van der Waals surface area contributed by atoms with Gasteiger partial charge in [0.15, 0.2) is 0 Å². The predicted molar refractivity (Wildman–Crippen MR) is 54.5 cm³/mol. The van der Waals surface area contributed by atoms with Gasteiger partial charge in [-0.25, -0.2) is 0 Å². The molecule has 0 unspecified atom stereocenters. The summed E-state index contributed by atoms with van der Waals surface area (Å²) in [5, 5.41) is 0. The third-order valence-corrected chi connectivity index (χ3v) is 1.86. The van der Waals surface area contributed by atoms with E-state index in [1.54, 1.807) is 20.8 Å². The van der Waals surface area contributed by atoms with E-state index < -0.39 is 10.2 Å². The normalized spacial score (nSPS) is 11.1. The van der Waals surface area contributed by atoms with E-state index in [1.807, 2.05) is 0 Å². The van der Waals surface area contributed by atoms with Gasteiger partial charge in [-0.3, -0.25) is 9.59 Å². The zero-order chi connectivity index (χ0) is 10.6. The zero-order valence-corrected chi connectivity index (χ0v) is 9.72. The highest BCUT2D eigenvalue weighted by Crippen LogP contribution is 2.18. The number of nitrogens with two attached hydrogens (primary N) is 1. The van der Waals surface area contributed by atoms with Gasteiger partial charge in [-0.05, 0) is 20.8 Å². The number of primary amides is 1. The van der Waals surface area contributed by atoms with Crippen LogP contribution in [0.25, 0.3) is 0 Å². The lowest BCUT2D eigenvalue weighted by atomic mass is 10.2. The van der Waals surface area contributed by atoms with E-state index in [9.17, 15) is 9.59 Å². The fourth-order valence-electron chi connectivity index (χ4n) is 0.891. The van der Waals surface area contributed by atoms with Crippen molar-refractivity contribution in [2.75, 3.05) is 13.1 Å². The second kappa shape index (κ2) is 4.60. The second-order valence-electron chi connectivity index (χ2n) is 3.26. The van der Waals surface area contributed by atoms with E-state index in [0.29, 0.717) is 6.54 Å². The van der Waals surface area contributed by atoms with E-state index in [0.717, 1.165) is 0 Å². The van der Waals surface area contributed by atoms with Gasteiger partial charge in [0.2, 0.25) is 11.8 Å². The Morgan fingerprint density at radius 2 is 1.92 bits per heavy atom. The molecule has 4 nitrogen and oxygen atoms in total. The average Bonchev–Trinajstić information content (AvgIpc) is 1.96. The molecule has 0 radical (unpaired) electrons. The summed E-state index contributed by atoms with van der Waals surface area (Å²) in [4.78, 5) is 23.6. The molecule has 0 fully saturated rings. The Labute approximate surface area is 86.6 Å². The molecule has 2 N–H and O–H groups in total. The lowest BCUT2D eigenvalue weighted by Gasteiger charge is -2.25. The third kappa shape index (κ3) is 4.26. The first-order chi connectivity index (χ1) is 5.79. The summed E-state index contributed by atoms with van der Waals surface area (Å²) in [6.07, 6.45) is 0. The van der Waals surface area contributed by atoms with E-state index in [1.165, 1.54) is 4.90 Å². The molecule has 0 atom stereocenters. The monoisotopic (exact) mass is 250 g/mol. The molecule has 0 aliphatic carbocycles. The summed E-state index contributed by atoms with van der Waals surface area (Å²) in [5.41, 5.74) is 5.00. The van der Waals surface area contributed by atoms with Crippen LogP contribution in [0.4, 0.5) is 0 Å². The number of carbonyl (C=O) groups excluding carboxylic acids is 2. The third-order valence-electron chi connectivity index (χ3n) is 1.52. The Kier molecular flexibility index (Phi) is 4.39. The highest BCUT2D eigenvalue weighted by atomic mass is 79.9. The van der Waals surface area contributed by atoms with Gasteiger partial charge in [0.05, 0.1) is 10.9 Å². The first kappa shape index (κ1) is 12.4. The first-order valence-corrected chi connectivity index (χ1v) is 4.85. The molecule has 0 rings (SSSR count). The summed E-state index contributed by atoms with van der Waals surface area (Å²) < 4.78 is -0.640.